The minimum absolute atomic E-state index is 0.105. The lowest BCUT2D eigenvalue weighted by Crippen LogP contribution is -2.30. The Balaban J connectivity index is 5.22. The summed E-state index contributed by atoms with van der Waals surface area (Å²) in [6.07, 6.45) is 43.3. The van der Waals surface area contributed by atoms with Crippen LogP contribution in [0.3, 0.4) is 0 Å². The Hall–Kier alpha value is -1.94. The van der Waals surface area contributed by atoms with Gasteiger partial charge in [-0.15, -0.1) is 0 Å². The fourth-order valence-electron chi connectivity index (χ4n) is 10.7. The Kier molecular flexibility index (Phi) is 59.4. The van der Waals surface area contributed by atoms with Crippen LogP contribution in [0, 0.1) is 23.7 Å². The van der Waals surface area contributed by atoms with Crippen molar-refractivity contribution in [1.82, 2.24) is 0 Å². The average molecular weight is 1330 g/mol. The van der Waals surface area contributed by atoms with Gasteiger partial charge in [0.1, 0.15) is 19.3 Å². The standard InChI is InChI=1S/C71H138O17P2/c1-61(2)47-39-31-23-18-14-11-9-10-12-16-20-26-37-45-53-70(75)88-67(58-82-69(74)52-44-36-30-29-34-42-50-64(7)8)60-86-90(79,80)84-56-65(72)55-83-89(77,78)85-59-66(57-81-68(73)51-43-35-28-22-25-33-41-49-63(5)6)87-71(76)54-46-38-27-21-17-13-15-19-24-32-40-48-62(3)4/h61-67,72H,9-60H2,1-8H3,(H,77,78)(H,79,80)/t65?,66-,67-/m1/s1. The minimum Gasteiger partial charge on any atom is -0.462 e. The van der Waals surface area contributed by atoms with Crippen LogP contribution >= 0.6 is 15.6 Å². The predicted octanol–water partition coefficient (Wildman–Crippen LogP) is 20.1. The van der Waals surface area contributed by atoms with E-state index >= 15 is 0 Å². The first-order valence-electron chi connectivity index (χ1n) is 36.7. The van der Waals surface area contributed by atoms with E-state index in [1.807, 2.05) is 0 Å². The zero-order valence-corrected chi connectivity index (χ0v) is 60.6. The highest BCUT2D eigenvalue weighted by atomic mass is 31.2. The van der Waals surface area contributed by atoms with E-state index in [4.69, 9.17) is 37.0 Å². The molecule has 0 rings (SSSR count). The molecule has 0 aliphatic heterocycles. The molecule has 0 radical (unpaired) electrons. The van der Waals surface area contributed by atoms with Crippen molar-refractivity contribution in [3.63, 3.8) is 0 Å². The second-order valence-electron chi connectivity index (χ2n) is 27.5. The molecule has 0 aromatic heterocycles. The maximum absolute atomic E-state index is 13.0. The van der Waals surface area contributed by atoms with Gasteiger partial charge in [-0.3, -0.25) is 37.3 Å². The number of phosphoric acid groups is 2. The summed E-state index contributed by atoms with van der Waals surface area (Å²) in [5, 5.41) is 10.6. The summed E-state index contributed by atoms with van der Waals surface area (Å²) in [6, 6.07) is 0. The molecule has 0 aliphatic carbocycles. The molecule has 3 N–H and O–H groups in total. The summed E-state index contributed by atoms with van der Waals surface area (Å²) in [6.45, 7) is 14.0. The molecule has 0 aliphatic rings. The number of carbonyl (C=O) groups is 4. The summed E-state index contributed by atoms with van der Waals surface area (Å²) < 4.78 is 68.3. The van der Waals surface area contributed by atoms with Crippen LogP contribution in [0.2, 0.25) is 0 Å². The molecular weight excluding hydrogens is 1190 g/mol. The highest BCUT2D eigenvalue weighted by molar-refractivity contribution is 7.47. The quantitative estimate of drug-likeness (QED) is 0.0222. The molecule has 19 heteroatoms. The van der Waals surface area contributed by atoms with Gasteiger partial charge in [-0.2, -0.15) is 0 Å². The Labute approximate surface area is 549 Å². The summed E-state index contributed by atoms with van der Waals surface area (Å²) in [7, 11) is -9.90. The van der Waals surface area contributed by atoms with Crippen LogP contribution < -0.4 is 0 Å². The van der Waals surface area contributed by atoms with Gasteiger partial charge in [0.25, 0.3) is 0 Å². The second-order valence-corrected chi connectivity index (χ2v) is 30.4. The van der Waals surface area contributed by atoms with Crippen molar-refractivity contribution in [3.05, 3.63) is 0 Å². The summed E-state index contributed by atoms with van der Waals surface area (Å²) in [5.41, 5.74) is 0. The average Bonchev–Trinajstić information content (AvgIpc) is 2.26. The number of phosphoric ester groups is 2. The van der Waals surface area contributed by atoms with E-state index in [2.05, 4.69) is 55.4 Å². The topological polar surface area (TPSA) is 237 Å². The van der Waals surface area contributed by atoms with Gasteiger partial charge < -0.3 is 33.8 Å². The van der Waals surface area contributed by atoms with Crippen molar-refractivity contribution < 1.29 is 80.2 Å². The van der Waals surface area contributed by atoms with Crippen LogP contribution in [0.4, 0.5) is 0 Å². The van der Waals surface area contributed by atoms with Crippen molar-refractivity contribution in [1.29, 1.82) is 0 Å². The van der Waals surface area contributed by atoms with Gasteiger partial charge in [-0.1, -0.05) is 299 Å². The number of rotatable bonds is 68. The van der Waals surface area contributed by atoms with E-state index in [-0.39, 0.29) is 25.7 Å². The number of aliphatic hydroxyl groups is 1. The Morgan fingerprint density at radius 2 is 0.467 bits per heavy atom. The number of hydrogen-bond donors (Lipinski definition) is 3. The van der Waals surface area contributed by atoms with E-state index in [1.54, 1.807) is 0 Å². The van der Waals surface area contributed by atoms with Gasteiger partial charge in [-0.05, 0) is 49.4 Å². The van der Waals surface area contributed by atoms with E-state index in [9.17, 15) is 43.2 Å². The lowest BCUT2D eigenvalue weighted by Gasteiger charge is -2.21. The normalized spacial score (nSPS) is 14.3. The van der Waals surface area contributed by atoms with Gasteiger partial charge in [-0.25, -0.2) is 9.13 Å². The van der Waals surface area contributed by atoms with Crippen LogP contribution in [0.15, 0.2) is 0 Å². The largest absolute Gasteiger partial charge is 0.472 e. The number of carbonyl (C=O) groups excluding carboxylic acids is 4. The molecule has 0 saturated heterocycles. The molecule has 0 aromatic carbocycles. The molecule has 0 aromatic rings. The van der Waals surface area contributed by atoms with Crippen molar-refractivity contribution in [3.8, 4) is 0 Å². The maximum atomic E-state index is 13.0. The van der Waals surface area contributed by atoms with Crippen molar-refractivity contribution in [2.75, 3.05) is 39.6 Å². The van der Waals surface area contributed by atoms with E-state index in [0.717, 1.165) is 115 Å². The fourth-order valence-corrected chi connectivity index (χ4v) is 12.2. The molecule has 0 spiro atoms. The van der Waals surface area contributed by atoms with Crippen LogP contribution in [-0.4, -0.2) is 96.7 Å². The van der Waals surface area contributed by atoms with Gasteiger partial charge in [0, 0.05) is 25.7 Å². The molecule has 0 bridgehead atoms. The maximum Gasteiger partial charge on any atom is 0.472 e. The molecule has 0 saturated carbocycles. The van der Waals surface area contributed by atoms with Crippen molar-refractivity contribution in [2.45, 2.75) is 369 Å². The highest BCUT2D eigenvalue weighted by Gasteiger charge is 2.30. The monoisotopic (exact) mass is 1320 g/mol. The van der Waals surface area contributed by atoms with Crippen LogP contribution in [0.5, 0.6) is 0 Å². The lowest BCUT2D eigenvalue weighted by molar-refractivity contribution is -0.161. The first kappa shape index (κ1) is 88.1. The molecule has 17 nitrogen and oxygen atoms in total. The fraction of sp³-hybridized carbons (Fsp3) is 0.944. The van der Waals surface area contributed by atoms with Crippen LogP contribution in [-0.2, 0) is 65.4 Å². The Morgan fingerprint density at radius 3 is 0.689 bits per heavy atom. The van der Waals surface area contributed by atoms with Crippen LogP contribution in [0.25, 0.3) is 0 Å². The molecule has 3 unspecified atom stereocenters. The lowest BCUT2D eigenvalue weighted by atomic mass is 10.0. The van der Waals surface area contributed by atoms with E-state index in [0.29, 0.717) is 37.5 Å². The zero-order valence-electron chi connectivity index (χ0n) is 58.8. The Bertz CT molecular complexity index is 1780. The first-order valence-corrected chi connectivity index (χ1v) is 39.7. The van der Waals surface area contributed by atoms with Gasteiger partial charge in [0.05, 0.1) is 26.4 Å². The Morgan fingerprint density at radius 1 is 0.278 bits per heavy atom. The number of hydrogen-bond acceptors (Lipinski definition) is 15. The number of ether oxygens (including phenoxy) is 4. The molecule has 90 heavy (non-hydrogen) atoms. The third kappa shape index (κ3) is 64.8. The molecule has 0 fully saturated rings. The van der Waals surface area contributed by atoms with Crippen molar-refractivity contribution >= 4 is 39.5 Å². The summed E-state index contributed by atoms with van der Waals surface area (Å²) in [4.78, 5) is 72.5. The second kappa shape index (κ2) is 60.7. The summed E-state index contributed by atoms with van der Waals surface area (Å²) >= 11 is 0. The smallest absolute Gasteiger partial charge is 0.462 e. The van der Waals surface area contributed by atoms with Gasteiger partial charge in [0.15, 0.2) is 12.2 Å². The van der Waals surface area contributed by atoms with Crippen molar-refractivity contribution in [2.24, 2.45) is 23.7 Å². The molecule has 0 heterocycles. The number of esters is 4. The van der Waals surface area contributed by atoms with Crippen LogP contribution in [0.1, 0.15) is 351 Å². The summed E-state index contributed by atoms with van der Waals surface area (Å²) in [5.74, 6) is 0.814. The minimum atomic E-state index is -4.95. The SMILES string of the molecule is CC(C)CCCCCCCCCCCCCCCCC(=O)O[C@H](COC(=O)CCCCCCCCC(C)C)COP(=O)(O)OCC(O)COP(=O)(O)OC[C@@H](COC(=O)CCCCCCCCCC(C)C)OC(=O)CCCCCCCCCCCCCC(C)C. The molecule has 534 valence electrons. The zero-order chi connectivity index (χ0) is 66.8. The van der Waals surface area contributed by atoms with E-state index < -0.39 is 97.5 Å². The molecular formula is C71H138O17P2. The number of aliphatic hydroxyl groups excluding tert-OH is 1. The molecule has 5 atom stereocenters. The predicted molar refractivity (Wildman–Crippen MR) is 363 cm³/mol. The highest BCUT2D eigenvalue weighted by Crippen LogP contribution is 2.45. The number of unbranched alkanes of at least 4 members (excludes halogenated alkanes) is 34. The molecule has 0 amide bonds. The van der Waals surface area contributed by atoms with Gasteiger partial charge >= 0.3 is 39.5 Å². The van der Waals surface area contributed by atoms with E-state index in [1.165, 1.54) is 141 Å². The first-order chi connectivity index (χ1) is 43.1. The third-order valence-corrected chi connectivity index (χ3v) is 18.2. The third-order valence-electron chi connectivity index (χ3n) is 16.3. The van der Waals surface area contributed by atoms with Gasteiger partial charge in [0.2, 0.25) is 0 Å².